The third kappa shape index (κ3) is 2.46. The smallest absolute Gasteiger partial charge is 0.265 e. The summed E-state index contributed by atoms with van der Waals surface area (Å²) in [4.78, 5) is 9.19. The summed E-state index contributed by atoms with van der Waals surface area (Å²) in [5.41, 5.74) is 1.41. The molecule has 2 N–H and O–H groups in total. The molecule has 18 heavy (non-hydrogen) atoms. The van der Waals surface area contributed by atoms with Crippen molar-refractivity contribution in [2.24, 2.45) is 5.14 Å². The number of primary sulfonamides is 1. The lowest BCUT2D eigenvalue weighted by Crippen LogP contribution is -2.20. The van der Waals surface area contributed by atoms with Crippen molar-refractivity contribution >= 4 is 37.3 Å². The zero-order valence-corrected chi connectivity index (χ0v) is 11.6. The van der Waals surface area contributed by atoms with E-state index in [4.69, 9.17) is 9.98 Å². The van der Waals surface area contributed by atoms with Gasteiger partial charge in [0, 0.05) is 6.54 Å². The van der Waals surface area contributed by atoms with E-state index in [9.17, 15) is 8.42 Å². The summed E-state index contributed by atoms with van der Waals surface area (Å²) >= 11 is 1.06. The van der Waals surface area contributed by atoms with E-state index in [0.717, 1.165) is 21.7 Å². The highest BCUT2D eigenvalue weighted by Gasteiger charge is 2.15. The highest BCUT2D eigenvalue weighted by molar-refractivity contribution is 7.91. The summed E-state index contributed by atoms with van der Waals surface area (Å²) < 4.78 is 23.1. The Morgan fingerprint density at radius 1 is 1.50 bits per heavy atom. The zero-order valence-electron chi connectivity index (χ0n) is 9.95. The second-order valence-electron chi connectivity index (χ2n) is 3.55. The van der Waals surface area contributed by atoms with Crippen LogP contribution >= 0.6 is 11.3 Å². The van der Waals surface area contributed by atoms with Crippen LogP contribution in [0, 0.1) is 0 Å². The van der Waals surface area contributed by atoms with E-state index in [1.807, 2.05) is 13.0 Å². The Balaban J connectivity index is 2.52. The Labute approximate surface area is 109 Å². The van der Waals surface area contributed by atoms with Crippen molar-refractivity contribution in [3.63, 3.8) is 0 Å². The number of anilines is 1. The molecular weight excluding hydrogens is 274 g/mol. The number of benzene rings is 1. The summed E-state index contributed by atoms with van der Waals surface area (Å²) in [5.74, 6) is 0. The molecule has 0 bridgehead atoms. The fourth-order valence-corrected chi connectivity index (χ4v) is 3.23. The minimum atomic E-state index is -3.75. The molecule has 0 saturated carbocycles. The lowest BCUT2D eigenvalue weighted by Gasteiger charge is -2.19. The summed E-state index contributed by atoms with van der Waals surface area (Å²) in [5, 5.41) is 6.73. The van der Waals surface area contributed by atoms with Gasteiger partial charge in [-0.05, 0) is 25.1 Å². The molecule has 0 amide bonds. The molecule has 0 unspecified atom stereocenters. The third-order valence-corrected chi connectivity index (χ3v) is 4.75. The summed E-state index contributed by atoms with van der Waals surface area (Å²) in [6.45, 7) is 2.62. The van der Waals surface area contributed by atoms with Crippen molar-refractivity contribution in [1.29, 1.82) is 0 Å². The van der Waals surface area contributed by atoms with Gasteiger partial charge in [-0.2, -0.15) is 0 Å². The van der Waals surface area contributed by atoms with Gasteiger partial charge in [-0.3, -0.25) is 9.90 Å². The van der Waals surface area contributed by atoms with E-state index in [0.29, 0.717) is 12.1 Å². The Hall–Kier alpha value is -1.22. The number of fused-ring (bicyclic) bond motifs is 1. The van der Waals surface area contributed by atoms with Crippen molar-refractivity contribution in [2.75, 3.05) is 18.7 Å². The second kappa shape index (κ2) is 4.81. The van der Waals surface area contributed by atoms with Gasteiger partial charge in [0.25, 0.3) is 10.0 Å². The first kappa shape index (κ1) is 13.2. The molecule has 0 spiro atoms. The predicted molar refractivity (Wildman–Crippen MR) is 71.0 cm³/mol. The number of hydroxylamine groups is 1. The number of sulfonamides is 1. The van der Waals surface area contributed by atoms with Gasteiger partial charge in [0.05, 0.1) is 23.0 Å². The second-order valence-corrected chi connectivity index (χ2v) is 6.32. The fraction of sp³-hybridized carbons (Fsp3) is 0.300. The van der Waals surface area contributed by atoms with Crippen LogP contribution in [0.25, 0.3) is 10.2 Å². The van der Waals surface area contributed by atoms with Crippen LogP contribution < -0.4 is 10.2 Å². The number of nitrogens with zero attached hydrogens (tertiary/aromatic N) is 2. The van der Waals surface area contributed by atoms with Crippen LogP contribution in [-0.2, 0) is 14.9 Å². The Morgan fingerprint density at radius 2 is 2.22 bits per heavy atom. The molecule has 0 atom stereocenters. The Morgan fingerprint density at radius 3 is 2.78 bits per heavy atom. The first-order valence-corrected chi connectivity index (χ1v) is 7.57. The minimum absolute atomic E-state index is 0.0740. The normalized spacial score (nSPS) is 11.9. The van der Waals surface area contributed by atoms with Crippen LogP contribution in [-0.4, -0.2) is 27.1 Å². The van der Waals surface area contributed by atoms with E-state index in [-0.39, 0.29) is 4.34 Å². The molecule has 2 aromatic rings. The summed E-state index contributed by atoms with van der Waals surface area (Å²) in [6.07, 6.45) is 0. The number of rotatable bonds is 4. The van der Waals surface area contributed by atoms with Gasteiger partial charge in [-0.25, -0.2) is 18.5 Å². The summed E-state index contributed by atoms with van der Waals surface area (Å²) in [7, 11) is -2.17. The largest absolute Gasteiger partial charge is 0.277 e. The lowest BCUT2D eigenvalue weighted by atomic mass is 10.3. The van der Waals surface area contributed by atoms with Gasteiger partial charge in [0.15, 0.2) is 0 Å². The molecule has 0 aliphatic carbocycles. The zero-order chi connectivity index (χ0) is 13.3. The average molecular weight is 287 g/mol. The van der Waals surface area contributed by atoms with E-state index in [2.05, 4.69) is 4.98 Å². The molecule has 0 aliphatic heterocycles. The van der Waals surface area contributed by atoms with Crippen molar-refractivity contribution in [3.05, 3.63) is 18.2 Å². The summed E-state index contributed by atoms with van der Waals surface area (Å²) in [6, 6.07) is 5.42. The van der Waals surface area contributed by atoms with Crippen LogP contribution in [0.1, 0.15) is 6.92 Å². The highest BCUT2D eigenvalue weighted by atomic mass is 32.2. The highest BCUT2D eigenvalue weighted by Crippen LogP contribution is 2.28. The molecule has 1 aromatic carbocycles. The molecular formula is C10H13N3O3S2. The van der Waals surface area contributed by atoms with Gasteiger partial charge in [-0.15, -0.1) is 11.3 Å². The standard InChI is InChI=1S/C10H13N3O3S2/c1-3-13(16-2)7-4-5-9-8(6-7)12-10(17-9)18(11,14)15/h4-6H,3H2,1-2H3,(H2,11,14,15). The van der Waals surface area contributed by atoms with Crippen LogP contribution in [0.4, 0.5) is 5.69 Å². The first-order chi connectivity index (χ1) is 8.45. The topological polar surface area (TPSA) is 85.5 Å². The van der Waals surface area contributed by atoms with Crippen molar-refractivity contribution in [3.8, 4) is 0 Å². The quantitative estimate of drug-likeness (QED) is 0.857. The first-order valence-electron chi connectivity index (χ1n) is 5.20. The minimum Gasteiger partial charge on any atom is -0.277 e. The third-order valence-electron chi connectivity index (χ3n) is 2.39. The van der Waals surface area contributed by atoms with Crippen molar-refractivity contribution < 1.29 is 13.3 Å². The Bertz CT molecular complexity index is 662. The molecule has 0 aliphatic rings. The van der Waals surface area contributed by atoms with E-state index in [1.54, 1.807) is 24.3 Å². The van der Waals surface area contributed by atoms with E-state index in [1.165, 1.54) is 0 Å². The van der Waals surface area contributed by atoms with Gasteiger partial charge in [0.1, 0.15) is 0 Å². The molecule has 0 radical (unpaired) electrons. The molecule has 6 nitrogen and oxygen atoms in total. The van der Waals surface area contributed by atoms with Crippen LogP contribution in [0.5, 0.6) is 0 Å². The maximum atomic E-state index is 11.2. The molecule has 2 rings (SSSR count). The van der Waals surface area contributed by atoms with E-state index < -0.39 is 10.0 Å². The molecule has 1 heterocycles. The molecule has 8 heteroatoms. The number of hydrogen-bond acceptors (Lipinski definition) is 6. The van der Waals surface area contributed by atoms with Gasteiger partial charge in [0.2, 0.25) is 4.34 Å². The molecule has 0 saturated heterocycles. The monoisotopic (exact) mass is 287 g/mol. The van der Waals surface area contributed by atoms with E-state index >= 15 is 0 Å². The lowest BCUT2D eigenvalue weighted by molar-refractivity contribution is 0.171. The van der Waals surface area contributed by atoms with Crippen LogP contribution in [0.2, 0.25) is 0 Å². The van der Waals surface area contributed by atoms with Crippen molar-refractivity contribution in [1.82, 2.24) is 4.98 Å². The van der Waals surface area contributed by atoms with Gasteiger partial charge >= 0.3 is 0 Å². The number of aromatic nitrogens is 1. The maximum absolute atomic E-state index is 11.2. The maximum Gasteiger partial charge on any atom is 0.265 e. The van der Waals surface area contributed by atoms with Gasteiger partial charge < -0.3 is 0 Å². The number of nitrogens with two attached hydrogens (primary N) is 1. The Kier molecular flexibility index (Phi) is 3.53. The number of thiazole rings is 1. The fourth-order valence-electron chi connectivity index (χ4n) is 1.59. The van der Waals surface area contributed by atoms with Crippen molar-refractivity contribution in [2.45, 2.75) is 11.3 Å². The molecule has 0 fully saturated rings. The molecule has 1 aromatic heterocycles. The predicted octanol–water partition coefficient (Wildman–Crippen LogP) is 1.33. The van der Waals surface area contributed by atoms with Crippen LogP contribution in [0.3, 0.4) is 0 Å². The number of hydrogen-bond donors (Lipinski definition) is 1. The van der Waals surface area contributed by atoms with Gasteiger partial charge in [-0.1, -0.05) is 0 Å². The average Bonchev–Trinajstić information content (AvgIpc) is 2.73. The SMILES string of the molecule is CCN(OC)c1ccc2sc(S(N)(=O)=O)nc2c1. The molecule has 98 valence electrons. The van der Waals surface area contributed by atoms with Crippen LogP contribution in [0.15, 0.2) is 22.5 Å².